The summed E-state index contributed by atoms with van der Waals surface area (Å²) in [6, 6.07) is 17.8. The molecular formula is C27H37N3O4. The van der Waals surface area contributed by atoms with Gasteiger partial charge in [0, 0.05) is 25.7 Å². The number of hydrogen-bond donors (Lipinski definition) is 1. The summed E-state index contributed by atoms with van der Waals surface area (Å²) in [4.78, 5) is 2.23. The van der Waals surface area contributed by atoms with Crippen LogP contribution in [0.4, 0.5) is 0 Å². The number of ether oxygens (including phenoxy) is 3. The molecule has 1 heterocycles. The Labute approximate surface area is 202 Å². The zero-order valence-corrected chi connectivity index (χ0v) is 20.9. The maximum atomic E-state index is 10.5. The molecular weight excluding hydrogens is 430 g/mol. The van der Waals surface area contributed by atoms with Crippen molar-refractivity contribution < 1.29 is 19.3 Å². The lowest BCUT2D eigenvalue weighted by atomic mass is 10.1. The molecule has 1 unspecified atom stereocenters. The molecule has 0 amide bonds. The molecule has 0 fully saturated rings. The van der Waals surface area contributed by atoms with Crippen LogP contribution in [0.5, 0.6) is 17.4 Å². The summed E-state index contributed by atoms with van der Waals surface area (Å²) >= 11 is 0. The predicted molar refractivity (Wildman–Crippen MR) is 134 cm³/mol. The topological polar surface area (TPSA) is 69.0 Å². The molecule has 1 N–H and O–H groups in total. The average molecular weight is 468 g/mol. The van der Waals surface area contributed by atoms with Gasteiger partial charge in [0.1, 0.15) is 11.5 Å². The Hall–Kier alpha value is -2.87. The fourth-order valence-electron chi connectivity index (χ4n) is 3.76. The van der Waals surface area contributed by atoms with Crippen LogP contribution in [0, 0.1) is 0 Å². The van der Waals surface area contributed by atoms with Gasteiger partial charge in [-0.05, 0) is 63.6 Å². The van der Waals surface area contributed by atoms with Gasteiger partial charge in [-0.25, -0.2) is 4.68 Å². The van der Waals surface area contributed by atoms with E-state index in [1.165, 1.54) is 0 Å². The highest BCUT2D eigenvalue weighted by molar-refractivity contribution is 5.44. The number of rotatable bonds is 13. The molecule has 0 bridgehead atoms. The lowest BCUT2D eigenvalue weighted by molar-refractivity contribution is 0.0131. The lowest BCUT2D eigenvalue weighted by Crippen LogP contribution is -2.39. The minimum absolute atomic E-state index is 0.217. The van der Waals surface area contributed by atoms with Gasteiger partial charge >= 0.3 is 0 Å². The maximum Gasteiger partial charge on any atom is 0.227 e. The van der Waals surface area contributed by atoms with Crippen LogP contribution in [0.1, 0.15) is 39.0 Å². The second kappa shape index (κ2) is 12.6. The van der Waals surface area contributed by atoms with E-state index in [0.29, 0.717) is 37.9 Å². The molecule has 2 aromatic carbocycles. The van der Waals surface area contributed by atoms with Gasteiger partial charge in [-0.1, -0.05) is 25.1 Å². The number of nitrogens with zero attached hydrogens (tertiary/aromatic N) is 3. The van der Waals surface area contributed by atoms with Gasteiger partial charge in [0.25, 0.3) is 0 Å². The molecule has 3 aromatic rings. The molecule has 1 aromatic heterocycles. The summed E-state index contributed by atoms with van der Waals surface area (Å²) in [5.74, 6) is 2.15. The number of aliphatic hydroxyl groups is 1. The number of hydrogen-bond acceptors (Lipinski definition) is 6. The normalized spacial score (nSPS) is 12.4. The van der Waals surface area contributed by atoms with Crippen molar-refractivity contribution >= 4 is 0 Å². The molecule has 0 aliphatic rings. The standard InChI is InChI=1S/C27H37N3O4/c1-6-26-25(18-29(20(3)4)17-22(31)19-33-7-2)27(30(28-26)21-11-9-8-10-12-21)34-24-15-13-23(32-5)14-16-24/h8-16,20,22,31H,6-7,17-19H2,1-5H3. The van der Waals surface area contributed by atoms with Crippen LogP contribution < -0.4 is 9.47 Å². The summed E-state index contributed by atoms with van der Waals surface area (Å²) in [7, 11) is 1.65. The van der Waals surface area contributed by atoms with Crippen molar-refractivity contribution in [1.82, 2.24) is 14.7 Å². The van der Waals surface area contributed by atoms with Gasteiger partial charge < -0.3 is 19.3 Å². The average Bonchev–Trinajstić information content (AvgIpc) is 3.20. The fourth-order valence-corrected chi connectivity index (χ4v) is 3.76. The summed E-state index contributed by atoms with van der Waals surface area (Å²) in [5.41, 5.74) is 2.91. The van der Waals surface area contributed by atoms with Crippen LogP contribution in [0.15, 0.2) is 54.6 Å². The lowest BCUT2D eigenvalue weighted by Gasteiger charge is -2.29. The quantitative estimate of drug-likeness (QED) is 0.388. The zero-order valence-electron chi connectivity index (χ0n) is 20.9. The number of aliphatic hydroxyl groups excluding tert-OH is 1. The van der Waals surface area contributed by atoms with Crippen LogP contribution in [-0.2, 0) is 17.7 Å². The van der Waals surface area contributed by atoms with Gasteiger partial charge in [-0.2, -0.15) is 5.10 Å². The van der Waals surface area contributed by atoms with Gasteiger partial charge in [0.05, 0.1) is 36.8 Å². The van der Waals surface area contributed by atoms with Gasteiger partial charge in [0.15, 0.2) is 0 Å². The molecule has 7 heteroatoms. The highest BCUT2D eigenvalue weighted by Crippen LogP contribution is 2.33. The Balaban J connectivity index is 2.00. The monoisotopic (exact) mass is 467 g/mol. The van der Waals surface area contributed by atoms with Crippen molar-refractivity contribution in [1.29, 1.82) is 0 Å². The number of benzene rings is 2. The molecule has 3 rings (SSSR count). The SMILES string of the molecule is CCOCC(O)CN(Cc1c(CC)nn(-c2ccccc2)c1Oc1ccc(OC)cc1)C(C)C. The van der Waals surface area contributed by atoms with Crippen molar-refractivity contribution in [3.05, 3.63) is 65.9 Å². The van der Waals surface area contributed by atoms with Crippen molar-refractivity contribution in [2.45, 2.75) is 52.8 Å². The third-order valence-electron chi connectivity index (χ3n) is 5.68. The second-order valence-corrected chi connectivity index (χ2v) is 8.45. The minimum Gasteiger partial charge on any atom is -0.497 e. The summed E-state index contributed by atoms with van der Waals surface area (Å²) in [6.07, 6.45) is 0.198. The first-order chi connectivity index (χ1) is 16.5. The van der Waals surface area contributed by atoms with E-state index in [0.717, 1.165) is 29.1 Å². The third-order valence-corrected chi connectivity index (χ3v) is 5.68. The first-order valence-corrected chi connectivity index (χ1v) is 11.9. The highest BCUT2D eigenvalue weighted by atomic mass is 16.5. The first-order valence-electron chi connectivity index (χ1n) is 11.9. The molecule has 1 atom stereocenters. The van der Waals surface area contributed by atoms with Crippen molar-refractivity contribution in [3.8, 4) is 23.1 Å². The number of aromatic nitrogens is 2. The summed E-state index contributed by atoms with van der Waals surface area (Å²) in [5, 5.41) is 15.4. The van der Waals surface area contributed by atoms with Crippen molar-refractivity contribution in [2.24, 2.45) is 0 Å². The van der Waals surface area contributed by atoms with E-state index in [1.807, 2.05) is 66.2 Å². The molecule has 7 nitrogen and oxygen atoms in total. The minimum atomic E-state index is -0.567. The molecule has 184 valence electrons. The molecule has 0 saturated heterocycles. The molecule has 0 spiro atoms. The Kier molecular flexibility index (Phi) is 9.51. The number of aryl methyl sites for hydroxylation is 1. The van der Waals surface area contributed by atoms with Gasteiger partial charge in [0.2, 0.25) is 5.88 Å². The fraction of sp³-hybridized carbons (Fsp3) is 0.444. The van der Waals surface area contributed by atoms with Crippen molar-refractivity contribution in [2.75, 3.05) is 26.9 Å². The Morgan fingerprint density at radius 3 is 2.26 bits per heavy atom. The first kappa shape index (κ1) is 25.7. The van der Waals surface area contributed by atoms with Crippen LogP contribution in [-0.4, -0.2) is 58.8 Å². The third kappa shape index (κ3) is 6.59. The van der Waals surface area contributed by atoms with Crippen LogP contribution in [0.3, 0.4) is 0 Å². The van der Waals surface area contributed by atoms with Gasteiger partial charge in [-0.3, -0.25) is 4.90 Å². The highest BCUT2D eigenvalue weighted by Gasteiger charge is 2.25. The Bertz CT molecular complexity index is 1000. The smallest absolute Gasteiger partial charge is 0.227 e. The van der Waals surface area contributed by atoms with E-state index < -0.39 is 6.10 Å². The number of methoxy groups -OCH3 is 1. The van der Waals surface area contributed by atoms with Crippen LogP contribution in [0.25, 0.3) is 5.69 Å². The molecule has 0 aliphatic heterocycles. The molecule has 0 radical (unpaired) electrons. The zero-order chi connectivity index (χ0) is 24.5. The van der Waals surface area contributed by atoms with E-state index in [9.17, 15) is 5.11 Å². The Morgan fingerprint density at radius 1 is 1.00 bits per heavy atom. The van der Waals surface area contributed by atoms with E-state index in [1.54, 1.807) is 7.11 Å². The summed E-state index contributed by atoms with van der Waals surface area (Å²) < 4.78 is 19.0. The summed E-state index contributed by atoms with van der Waals surface area (Å²) in [6.45, 7) is 10.3. The molecule has 0 aliphatic carbocycles. The predicted octanol–water partition coefficient (Wildman–Crippen LogP) is 4.84. The van der Waals surface area contributed by atoms with Crippen molar-refractivity contribution in [3.63, 3.8) is 0 Å². The maximum absolute atomic E-state index is 10.5. The van der Waals surface area contributed by atoms with E-state index >= 15 is 0 Å². The molecule has 0 saturated carbocycles. The van der Waals surface area contributed by atoms with E-state index in [4.69, 9.17) is 19.3 Å². The van der Waals surface area contributed by atoms with Crippen LogP contribution in [0.2, 0.25) is 0 Å². The largest absolute Gasteiger partial charge is 0.497 e. The number of para-hydroxylation sites is 1. The van der Waals surface area contributed by atoms with E-state index in [2.05, 4.69) is 25.7 Å². The Morgan fingerprint density at radius 2 is 1.68 bits per heavy atom. The van der Waals surface area contributed by atoms with Gasteiger partial charge in [-0.15, -0.1) is 0 Å². The second-order valence-electron chi connectivity index (χ2n) is 8.45. The van der Waals surface area contributed by atoms with Crippen LogP contribution >= 0.6 is 0 Å². The van der Waals surface area contributed by atoms with E-state index in [-0.39, 0.29) is 6.04 Å². The molecule has 34 heavy (non-hydrogen) atoms.